The summed E-state index contributed by atoms with van der Waals surface area (Å²) in [5.41, 5.74) is 2.67. The number of nitrogens with zero attached hydrogens (tertiary/aromatic N) is 2. The maximum atomic E-state index is 12.8. The van der Waals surface area contributed by atoms with Crippen LogP contribution in [0.2, 0.25) is 5.02 Å². The number of hydrogen-bond donors (Lipinski definition) is 2. The predicted octanol–water partition coefficient (Wildman–Crippen LogP) is 3.54. The summed E-state index contributed by atoms with van der Waals surface area (Å²) in [4.78, 5) is 14.6. The lowest BCUT2D eigenvalue weighted by Gasteiger charge is -2.26. The van der Waals surface area contributed by atoms with Gasteiger partial charge in [-0.15, -0.1) is 0 Å². The number of halogens is 1. The lowest BCUT2D eigenvalue weighted by molar-refractivity contribution is -0.131. The molecule has 1 aliphatic heterocycles. The molecule has 2 aromatic carbocycles. The Kier molecular flexibility index (Phi) is 5.07. The molecule has 150 valence electrons. The zero-order valence-corrected chi connectivity index (χ0v) is 16.4. The molecule has 2 N–H and O–H groups in total. The number of aromatic nitrogens is 1. The van der Waals surface area contributed by atoms with Crippen LogP contribution in [0.5, 0.6) is 17.2 Å². The number of phenolic OH excluding ortho intramolecular Hbond substituents is 2. The minimum absolute atomic E-state index is 0.0241. The van der Waals surface area contributed by atoms with Crippen LogP contribution in [-0.4, -0.2) is 39.8 Å². The van der Waals surface area contributed by atoms with Crippen LogP contribution < -0.4 is 4.74 Å². The summed E-state index contributed by atoms with van der Waals surface area (Å²) < 4.78 is 10.7. The minimum atomic E-state index is -0.226. The average molecular weight is 415 g/mol. The molecule has 3 aromatic rings. The Bertz CT molecular complexity index is 1080. The first-order chi connectivity index (χ1) is 14.0. The Morgan fingerprint density at radius 1 is 1.28 bits per heavy atom. The van der Waals surface area contributed by atoms with Gasteiger partial charge in [-0.05, 0) is 23.8 Å². The Labute approximate surface area is 172 Å². The number of fused-ring (bicyclic) bond motifs is 1. The zero-order valence-electron chi connectivity index (χ0n) is 15.7. The summed E-state index contributed by atoms with van der Waals surface area (Å²) in [5.74, 6) is 0.626. The van der Waals surface area contributed by atoms with E-state index in [0.29, 0.717) is 36.6 Å². The van der Waals surface area contributed by atoms with E-state index in [2.05, 4.69) is 5.16 Å². The highest BCUT2D eigenvalue weighted by Crippen LogP contribution is 2.40. The van der Waals surface area contributed by atoms with Crippen molar-refractivity contribution < 1.29 is 24.3 Å². The molecule has 0 saturated carbocycles. The van der Waals surface area contributed by atoms with Crippen molar-refractivity contribution in [2.45, 2.75) is 19.4 Å². The zero-order chi connectivity index (χ0) is 20.5. The molecule has 0 fully saturated rings. The summed E-state index contributed by atoms with van der Waals surface area (Å²) in [6, 6.07) is 9.99. The molecule has 1 aliphatic rings. The number of phenols is 2. The molecule has 0 aliphatic carbocycles. The van der Waals surface area contributed by atoms with Gasteiger partial charge < -0.3 is 24.4 Å². The molecule has 1 amide bonds. The van der Waals surface area contributed by atoms with Gasteiger partial charge in [0.1, 0.15) is 17.2 Å². The van der Waals surface area contributed by atoms with Gasteiger partial charge in [-0.25, -0.2) is 0 Å². The Morgan fingerprint density at radius 2 is 2.10 bits per heavy atom. The monoisotopic (exact) mass is 414 g/mol. The number of carbonyl (C=O) groups excluding carboxylic acids is 1. The number of rotatable bonds is 4. The summed E-state index contributed by atoms with van der Waals surface area (Å²) in [5, 5.41) is 24.0. The van der Waals surface area contributed by atoms with Crippen LogP contribution in [0.3, 0.4) is 0 Å². The molecule has 7 nitrogen and oxygen atoms in total. The number of amides is 1. The van der Waals surface area contributed by atoms with E-state index in [9.17, 15) is 15.0 Å². The smallest absolute Gasteiger partial charge is 0.227 e. The third-order valence-electron chi connectivity index (χ3n) is 4.99. The summed E-state index contributed by atoms with van der Waals surface area (Å²) in [6.07, 6.45) is 0.804. The van der Waals surface area contributed by atoms with Crippen molar-refractivity contribution in [3.63, 3.8) is 0 Å². The lowest BCUT2D eigenvalue weighted by atomic mass is 10.00. The molecule has 0 spiro atoms. The molecule has 0 bridgehead atoms. The SMILES string of the molecule is COc1cccc(CC(=O)N2CCc3noc(-c4cc(Cl)c(O)cc4O)c3C2)c1. The molecule has 4 rings (SSSR count). The first-order valence-electron chi connectivity index (χ1n) is 9.06. The van der Waals surface area contributed by atoms with Crippen molar-refractivity contribution in [1.82, 2.24) is 10.1 Å². The Morgan fingerprint density at radius 3 is 2.90 bits per heavy atom. The van der Waals surface area contributed by atoms with Gasteiger partial charge in [-0.3, -0.25) is 4.79 Å². The van der Waals surface area contributed by atoms with Crippen LogP contribution in [0.25, 0.3) is 11.3 Å². The van der Waals surface area contributed by atoms with Crippen LogP contribution in [0.4, 0.5) is 0 Å². The van der Waals surface area contributed by atoms with Crippen LogP contribution in [-0.2, 0) is 24.2 Å². The molecule has 0 radical (unpaired) electrons. The lowest BCUT2D eigenvalue weighted by Crippen LogP contribution is -2.36. The standard InChI is InChI=1S/C21H19ClN2O5/c1-28-13-4-2-3-12(7-13)8-20(27)24-6-5-17-15(11-24)21(29-23-17)14-9-16(22)19(26)10-18(14)25/h2-4,7,9-10,25-26H,5-6,8,11H2,1H3. The maximum Gasteiger partial charge on any atom is 0.227 e. The highest BCUT2D eigenvalue weighted by Gasteiger charge is 2.29. The van der Waals surface area contributed by atoms with E-state index in [1.807, 2.05) is 24.3 Å². The van der Waals surface area contributed by atoms with Crippen LogP contribution in [0.15, 0.2) is 40.9 Å². The maximum absolute atomic E-state index is 12.8. The molecular formula is C21H19ClN2O5. The van der Waals surface area contributed by atoms with Gasteiger partial charge >= 0.3 is 0 Å². The molecule has 0 atom stereocenters. The summed E-state index contributed by atoms with van der Waals surface area (Å²) in [7, 11) is 1.59. The molecule has 0 saturated heterocycles. The van der Waals surface area contributed by atoms with E-state index in [-0.39, 0.29) is 28.8 Å². The molecule has 8 heteroatoms. The number of methoxy groups -OCH3 is 1. The first-order valence-corrected chi connectivity index (χ1v) is 9.44. The van der Waals surface area contributed by atoms with Gasteiger partial charge in [0.15, 0.2) is 5.76 Å². The number of carbonyl (C=O) groups is 1. The molecular weight excluding hydrogens is 396 g/mol. The number of hydrogen-bond acceptors (Lipinski definition) is 6. The van der Waals surface area contributed by atoms with Gasteiger partial charge in [0, 0.05) is 24.6 Å². The Balaban J connectivity index is 1.58. The topological polar surface area (TPSA) is 96.0 Å². The van der Waals surface area contributed by atoms with Crippen LogP contribution in [0, 0.1) is 0 Å². The molecule has 29 heavy (non-hydrogen) atoms. The fourth-order valence-electron chi connectivity index (χ4n) is 3.44. The van der Waals surface area contributed by atoms with Crippen molar-refractivity contribution in [1.29, 1.82) is 0 Å². The van der Waals surface area contributed by atoms with E-state index in [1.165, 1.54) is 6.07 Å². The Hall–Kier alpha value is -3.19. The van der Waals surface area contributed by atoms with Gasteiger partial charge in [0.25, 0.3) is 0 Å². The fourth-order valence-corrected chi connectivity index (χ4v) is 3.60. The number of ether oxygens (including phenoxy) is 1. The summed E-state index contributed by atoms with van der Waals surface area (Å²) >= 11 is 5.98. The van der Waals surface area contributed by atoms with E-state index in [0.717, 1.165) is 22.9 Å². The van der Waals surface area contributed by atoms with Gasteiger partial charge in [0.05, 0.1) is 36.4 Å². The van der Waals surface area contributed by atoms with E-state index >= 15 is 0 Å². The van der Waals surface area contributed by atoms with Crippen molar-refractivity contribution in [3.05, 3.63) is 58.2 Å². The predicted molar refractivity (Wildman–Crippen MR) is 106 cm³/mol. The van der Waals surface area contributed by atoms with Gasteiger partial charge in [-0.1, -0.05) is 28.9 Å². The third-order valence-corrected chi connectivity index (χ3v) is 5.29. The normalized spacial score (nSPS) is 13.2. The number of benzene rings is 2. The second-order valence-electron chi connectivity index (χ2n) is 6.85. The molecule has 0 unspecified atom stereocenters. The number of aromatic hydroxyl groups is 2. The minimum Gasteiger partial charge on any atom is -0.507 e. The largest absolute Gasteiger partial charge is 0.507 e. The van der Waals surface area contributed by atoms with Gasteiger partial charge in [0.2, 0.25) is 5.91 Å². The van der Waals surface area contributed by atoms with Crippen molar-refractivity contribution >= 4 is 17.5 Å². The van der Waals surface area contributed by atoms with Crippen LogP contribution >= 0.6 is 11.6 Å². The first kappa shape index (κ1) is 19.1. The van der Waals surface area contributed by atoms with Crippen molar-refractivity contribution in [2.75, 3.05) is 13.7 Å². The van der Waals surface area contributed by atoms with Gasteiger partial charge in [-0.2, -0.15) is 0 Å². The van der Waals surface area contributed by atoms with Crippen molar-refractivity contribution in [3.8, 4) is 28.6 Å². The second kappa shape index (κ2) is 7.67. The van der Waals surface area contributed by atoms with E-state index < -0.39 is 0 Å². The van der Waals surface area contributed by atoms with Crippen LogP contribution in [0.1, 0.15) is 16.8 Å². The van der Waals surface area contributed by atoms with E-state index in [4.69, 9.17) is 20.9 Å². The summed E-state index contributed by atoms with van der Waals surface area (Å²) in [6.45, 7) is 0.846. The average Bonchev–Trinajstić information content (AvgIpc) is 3.14. The third kappa shape index (κ3) is 3.73. The van der Waals surface area contributed by atoms with E-state index in [1.54, 1.807) is 12.0 Å². The highest BCUT2D eigenvalue weighted by molar-refractivity contribution is 6.32. The quantitative estimate of drug-likeness (QED) is 0.677. The fraction of sp³-hybridized carbons (Fsp3) is 0.238. The molecule has 2 heterocycles. The highest BCUT2D eigenvalue weighted by atomic mass is 35.5. The molecule has 1 aromatic heterocycles. The second-order valence-corrected chi connectivity index (χ2v) is 7.26. The van der Waals surface area contributed by atoms with Crippen molar-refractivity contribution in [2.24, 2.45) is 0 Å².